The molecule has 0 fully saturated rings. The second-order valence-corrected chi connectivity index (χ2v) is 7.87. The summed E-state index contributed by atoms with van der Waals surface area (Å²) >= 11 is 0. The molecule has 0 spiro atoms. The normalized spacial score (nSPS) is 11.4. The topological polar surface area (TPSA) is 114 Å². The van der Waals surface area contributed by atoms with Gasteiger partial charge in [-0.3, -0.25) is 9.78 Å². The Labute approximate surface area is 168 Å². The Morgan fingerprint density at radius 1 is 1.03 bits per heavy atom. The number of aromatic nitrogens is 3. The monoisotopic (exact) mass is 409 g/mol. The Hall–Kier alpha value is -3.59. The molecule has 2 heterocycles. The molecule has 0 saturated carbocycles. The summed E-state index contributed by atoms with van der Waals surface area (Å²) < 4.78 is 27.4. The lowest BCUT2D eigenvalue weighted by Crippen LogP contribution is -2.15. The van der Waals surface area contributed by atoms with Crippen LogP contribution >= 0.6 is 0 Å². The summed E-state index contributed by atoms with van der Waals surface area (Å²) in [4.78, 5) is 24.1. The largest absolute Gasteiger partial charge is 0.362 e. The maximum Gasteiger partial charge on any atom is 0.264 e. The highest BCUT2D eigenvalue weighted by Gasteiger charge is 2.16. The fourth-order valence-electron chi connectivity index (χ4n) is 2.50. The number of carbonyl (C=O) groups excluding carboxylic acids is 1. The van der Waals surface area contributed by atoms with Crippen molar-refractivity contribution < 1.29 is 13.2 Å². The first-order chi connectivity index (χ1) is 13.8. The van der Waals surface area contributed by atoms with Crippen molar-refractivity contribution in [3.05, 3.63) is 84.1 Å². The number of benzene rings is 1. The van der Waals surface area contributed by atoms with Crippen molar-refractivity contribution in [2.45, 2.75) is 18.7 Å². The van der Waals surface area contributed by atoms with Crippen LogP contribution in [0.3, 0.4) is 0 Å². The van der Waals surface area contributed by atoms with Crippen LogP contribution in [0.1, 0.15) is 21.7 Å². The fraction of sp³-hybridized carbons (Fsp3) is 0.100. The quantitative estimate of drug-likeness (QED) is 0.455. The number of anilines is 2. The molecule has 29 heavy (non-hydrogen) atoms. The van der Waals surface area contributed by atoms with Crippen LogP contribution in [-0.4, -0.2) is 29.2 Å². The first kappa shape index (κ1) is 20.2. The zero-order chi connectivity index (χ0) is 20.9. The second kappa shape index (κ2) is 8.61. The molecule has 0 aliphatic rings. The molecule has 0 amide bonds. The third-order valence-electron chi connectivity index (χ3n) is 3.80. The number of aryl methyl sites for hydroxylation is 2. The van der Waals surface area contributed by atoms with Gasteiger partial charge in [-0.15, -0.1) is 0 Å². The molecule has 0 aliphatic heterocycles. The van der Waals surface area contributed by atoms with E-state index >= 15 is 0 Å². The first-order valence-corrected chi connectivity index (χ1v) is 10.1. The van der Waals surface area contributed by atoms with E-state index in [4.69, 9.17) is 0 Å². The summed E-state index contributed by atoms with van der Waals surface area (Å²) in [5, 5.41) is 2.93. The van der Waals surface area contributed by atoms with Gasteiger partial charge in [0.1, 0.15) is 0 Å². The van der Waals surface area contributed by atoms with E-state index in [-0.39, 0.29) is 16.6 Å². The number of nitrogens with zero attached hydrogens (tertiary/aromatic N) is 3. The van der Waals surface area contributed by atoms with Gasteiger partial charge in [0.2, 0.25) is 5.95 Å². The number of sulfonamides is 1. The van der Waals surface area contributed by atoms with E-state index in [1.54, 1.807) is 50.4 Å². The maximum absolute atomic E-state index is 12.5. The lowest BCUT2D eigenvalue weighted by molar-refractivity contribution is 0.104. The molecule has 0 aliphatic carbocycles. The predicted molar refractivity (Wildman–Crippen MR) is 110 cm³/mol. The summed E-state index contributed by atoms with van der Waals surface area (Å²) in [6.45, 7) is 3.53. The van der Waals surface area contributed by atoms with Gasteiger partial charge >= 0.3 is 0 Å². The molecule has 3 aromatic rings. The Morgan fingerprint density at radius 2 is 1.72 bits per heavy atom. The van der Waals surface area contributed by atoms with E-state index in [2.05, 4.69) is 25.0 Å². The van der Waals surface area contributed by atoms with Crippen LogP contribution in [0.5, 0.6) is 0 Å². The zero-order valence-corrected chi connectivity index (χ0v) is 16.6. The molecule has 0 saturated heterocycles. The summed E-state index contributed by atoms with van der Waals surface area (Å²) in [5.41, 5.74) is 2.44. The number of hydrogen-bond acceptors (Lipinski definition) is 7. The standard InChI is InChI=1S/C20H19N5O3S/c1-14-12-15(2)24-20(23-14)25-29(27,28)18-7-5-17(6-8-18)22-11-9-19(26)16-4-3-10-21-13-16/h3-13,22H,1-2H3,(H,23,24,25). The average Bonchev–Trinajstić information content (AvgIpc) is 2.68. The van der Waals surface area contributed by atoms with Gasteiger partial charge in [-0.2, -0.15) is 0 Å². The van der Waals surface area contributed by atoms with Crippen LogP contribution in [0.15, 0.2) is 72.0 Å². The number of nitrogens with one attached hydrogen (secondary N) is 2. The Kier molecular flexibility index (Phi) is 5.99. The zero-order valence-electron chi connectivity index (χ0n) is 15.8. The minimum Gasteiger partial charge on any atom is -0.362 e. The van der Waals surface area contributed by atoms with Crippen molar-refractivity contribution in [1.29, 1.82) is 0 Å². The van der Waals surface area contributed by atoms with E-state index < -0.39 is 10.0 Å². The van der Waals surface area contributed by atoms with Gasteiger partial charge in [0.25, 0.3) is 10.0 Å². The van der Waals surface area contributed by atoms with E-state index in [0.717, 1.165) is 0 Å². The molecule has 1 aromatic carbocycles. The minimum atomic E-state index is -3.82. The van der Waals surface area contributed by atoms with Crippen molar-refractivity contribution in [3.63, 3.8) is 0 Å². The van der Waals surface area contributed by atoms with Gasteiger partial charge in [0, 0.05) is 47.3 Å². The third kappa shape index (κ3) is 5.45. The second-order valence-electron chi connectivity index (χ2n) is 6.19. The predicted octanol–water partition coefficient (Wildman–Crippen LogP) is 3.10. The Bertz CT molecular complexity index is 1120. The Morgan fingerprint density at radius 3 is 2.34 bits per heavy atom. The van der Waals surface area contributed by atoms with E-state index in [0.29, 0.717) is 22.6 Å². The van der Waals surface area contributed by atoms with E-state index in [9.17, 15) is 13.2 Å². The SMILES string of the molecule is Cc1cc(C)nc(NS(=O)(=O)c2ccc(NC=CC(=O)c3cccnc3)cc2)n1. The highest BCUT2D eigenvalue weighted by Crippen LogP contribution is 2.17. The molecule has 0 unspecified atom stereocenters. The van der Waals surface area contributed by atoms with E-state index in [1.165, 1.54) is 30.6 Å². The lowest BCUT2D eigenvalue weighted by Gasteiger charge is -2.08. The molecular weight excluding hydrogens is 390 g/mol. The molecule has 2 aromatic heterocycles. The van der Waals surface area contributed by atoms with Gasteiger partial charge in [-0.25, -0.2) is 23.1 Å². The van der Waals surface area contributed by atoms with Gasteiger partial charge in [0.05, 0.1) is 4.90 Å². The smallest absolute Gasteiger partial charge is 0.264 e. The fourth-order valence-corrected chi connectivity index (χ4v) is 3.44. The van der Waals surface area contributed by atoms with Crippen molar-refractivity contribution >= 4 is 27.4 Å². The molecule has 2 N–H and O–H groups in total. The molecule has 3 rings (SSSR count). The molecular formula is C20H19N5O3S. The van der Waals surface area contributed by atoms with Crippen molar-refractivity contribution in [1.82, 2.24) is 15.0 Å². The van der Waals surface area contributed by atoms with Crippen molar-refractivity contribution in [2.75, 3.05) is 10.0 Å². The summed E-state index contributed by atoms with van der Waals surface area (Å²) in [7, 11) is -3.82. The summed E-state index contributed by atoms with van der Waals surface area (Å²) in [5.74, 6) is -0.163. The van der Waals surface area contributed by atoms with Crippen LogP contribution in [0.2, 0.25) is 0 Å². The van der Waals surface area contributed by atoms with Gasteiger partial charge in [0.15, 0.2) is 5.78 Å². The first-order valence-electron chi connectivity index (χ1n) is 8.66. The molecule has 0 radical (unpaired) electrons. The van der Waals surface area contributed by atoms with Crippen LogP contribution in [0.25, 0.3) is 0 Å². The minimum absolute atomic E-state index is 0.0292. The number of hydrogen-bond donors (Lipinski definition) is 2. The molecule has 9 heteroatoms. The van der Waals surface area contributed by atoms with Crippen LogP contribution in [-0.2, 0) is 10.0 Å². The van der Waals surface area contributed by atoms with Gasteiger partial charge in [-0.1, -0.05) is 0 Å². The molecule has 0 bridgehead atoms. The number of rotatable bonds is 7. The van der Waals surface area contributed by atoms with Crippen molar-refractivity contribution in [2.24, 2.45) is 0 Å². The molecule has 148 valence electrons. The van der Waals surface area contributed by atoms with Gasteiger partial charge < -0.3 is 5.32 Å². The van der Waals surface area contributed by atoms with Gasteiger partial charge in [-0.05, 0) is 56.3 Å². The lowest BCUT2D eigenvalue weighted by atomic mass is 10.2. The Balaban J connectivity index is 1.66. The number of allylic oxidation sites excluding steroid dienone is 1. The summed E-state index contributed by atoms with van der Waals surface area (Å²) in [6.07, 6.45) is 5.94. The van der Waals surface area contributed by atoms with E-state index in [1.807, 2.05) is 0 Å². The van der Waals surface area contributed by atoms with Crippen molar-refractivity contribution in [3.8, 4) is 0 Å². The molecule has 0 atom stereocenters. The highest BCUT2D eigenvalue weighted by molar-refractivity contribution is 7.92. The number of ketones is 1. The highest BCUT2D eigenvalue weighted by atomic mass is 32.2. The van der Waals surface area contributed by atoms with Crippen LogP contribution in [0.4, 0.5) is 11.6 Å². The van der Waals surface area contributed by atoms with Crippen LogP contribution < -0.4 is 10.0 Å². The van der Waals surface area contributed by atoms with Crippen LogP contribution in [0, 0.1) is 13.8 Å². The summed E-state index contributed by atoms with van der Waals surface area (Å²) in [6, 6.07) is 11.2. The number of pyridine rings is 1. The maximum atomic E-state index is 12.5. The molecule has 8 nitrogen and oxygen atoms in total. The average molecular weight is 409 g/mol. The third-order valence-corrected chi connectivity index (χ3v) is 5.15. The number of carbonyl (C=O) groups is 1.